The van der Waals surface area contributed by atoms with E-state index < -0.39 is 16.0 Å². The molecule has 0 spiro atoms. The van der Waals surface area contributed by atoms with Gasteiger partial charge in [-0.05, 0) is 24.8 Å². The smallest absolute Gasteiger partial charge is 0.303 e. The highest BCUT2D eigenvalue weighted by molar-refractivity contribution is 7.89. The van der Waals surface area contributed by atoms with Crippen LogP contribution in [0.3, 0.4) is 0 Å². The van der Waals surface area contributed by atoms with Crippen molar-refractivity contribution < 1.29 is 18.3 Å². The predicted octanol–water partition coefficient (Wildman–Crippen LogP) is 1.79. The van der Waals surface area contributed by atoms with Crippen LogP contribution < -0.4 is 4.72 Å². The number of rotatable bonds is 10. The third-order valence-corrected chi connectivity index (χ3v) is 4.28. The second-order valence-electron chi connectivity index (χ2n) is 4.65. The number of nitrogens with one attached hydrogen (secondary N) is 1. The summed E-state index contributed by atoms with van der Waals surface area (Å²) in [6, 6.07) is 9.48. The van der Waals surface area contributed by atoms with Gasteiger partial charge in [0, 0.05) is 13.0 Å². The van der Waals surface area contributed by atoms with E-state index in [-0.39, 0.29) is 12.2 Å². The van der Waals surface area contributed by atoms with E-state index in [0.717, 1.165) is 5.56 Å². The van der Waals surface area contributed by atoms with Gasteiger partial charge in [-0.25, -0.2) is 13.1 Å². The first-order valence-corrected chi connectivity index (χ1v) is 8.38. The fraction of sp³-hybridized carbons (Fsp3) is 0.500. The highest BCUT2D eigenvalue weighted by Crippen LogP contribution is 2.02. The van der Waals surface area contributed by atoms with E-state index >= 15 is 0 Å². The molecule has 0 heterocycles. The average Bonchev–Trinajstić information content (AvgIpc) is 2.41. The quantitative estimate of drug-likeness (QED) is 0.645. The molecule has 0 unspecified atom stereocenters. The molecule has 0 atom stereocenters. The lowest BCUT2D eigenvalue weighted by molar-refractivity contribution is -0.137. The summed E-state index contributed by atoms with van der Waals surface area (Å²) in [6.45, 7) is 0.372. The van der Waals surface area contributed by atoms with Crippen molar-refractivity contribution in [1.29, 1.82) is 0 Å². The van der Waals surface area contributed by atoms with E-state index in [1.807, 2.05) is 30.3 Å². The molecule has 112 valence electrons. The Kier molecular flexibility index (Phi) is 7.25. The first kappa shape index (κ1) is 16.7. The van der Waals surface area contributed by atoms with Crippen molar-refractivity contribution in [2.45, 2.75) is 32.1 Å². The number of unbranched alkanes of at least 4 members (excludes halogenated alkanes) is 2. The van der Waals surface area contributed by atoms with E-state index in [0.29, 0.717) is 32.2 Å². The monoisotopic (exact) mass is 299 g/mol. The zero-order chi connectivity index (χ0) is 14.8. The minimum atomic E-state index is -3.25. The number of benzene rings is 1. The molecular weight excluding hydrogens is 278 g/mol. The zero-order valence-electron chi connectivity index (χ0n) is 11.4. The Morgan fingerprint density at radius 1 is 1.10 bits per heavy atom. The molecule has 6 heteroatoms. The number of aliphatic carboxylic acids is 1. The van der Waals surface area contributed by atoms with Crippen molar-refractivity contribution in [1.82, 2.24) is 4.72 Å². The van der Waals surface area contributed by atoms with Crippen LogP contribution in [-0.2, 0) is 21.2 Å². The maximum atomic E-state index is 11.7. The van der Waals surface area contributed by atoms with Gasteiger partial charge in [0.1, 0.15) is 0 Å². The molecule has 5 nitrogen and oxygen atoms in total. The summed E-state index contributed by atoms with van der Waals surface area (Å²) >= 11 is 0. The van der Waals surface area contributed by atoms with Gasteiger partial charge < -0.3 is 5.11 Å². The van der Waals surface area contributed by atoms with Crippen LogP contribution in [0.15, 0.2) is 30.3 Å². The fourth-order valence-electron chi connectivity index (χ4n) is 1.77. The van der Waals surface area contributed by atoms with Gasteiger partial charge in [-0.2, -0.15) is 0 Å². The van der Waals surface area contributed by atoms with Crippen molar-refractivity contribution in [2.24, 2.45) is 0 Å². The van der Waals surface area contributed by atoms with Gasteiger partial charge >= 0.3 is 5.97 Å². The Bertz CT molecular complexity index is 499. The third-order valence-electron chi connectivity index (χ3n) is 2.89. The molecule has 2 N–H and O–H groups in total. The van der Waals surface area contributed by atoms with Crippen LogP contribution in [0, 0.1) is 0 Å². The molecule has 1 aromatic carbocycles. The summed E-state index contributed by atoms with van der Waals surface area (Å²) < 4.78 is 26.0. The van der Waals surface area contributed by atoms with E-state index in [2.05, 4.69) is 4.72 Å². The molecule has 0 saturated heterocycles. The van der Waals surface area contributed by atoms with Gasteiger partial charge in [0.15, 0.2) is 0 Å². The maximum absolute atomic E-state index is 11.7. The second kappa shape index (κ2) is 8.71. The van der Waals surface area contributed by atoms with Gasteiger partial charge in [-0.1, -0.05) is 36.8 Å². The fourth-order valence-corrected chi connectivity index (χ4v) is 2.88. The lowest BCUT2D eigenvalue weighted by Gasteiger charge is -2.06. The molecule has 0 fully saturated rings. The second-order valence-corrected chi connectivity index (χ2v) is 6.58. The number of hydrogen-bond donors (Lipinski definition) is 2. The molecule has 20 heavy (non-hydrogen) atoms. The van der Waals surface area contributed by atoms with Crippen LogP contribution in [0.25, 0.3) is 0 Å². The topological polar surface area (TPSA) is 83.5 Å². The van der Waals surface area contributed by atoms with Crippen molar-refractivity contribution in [3.63, 3.8) is 0 Å². The summed E-state index contributed by atoms with van der Waals surface area (Å²) in [4.78, 5) is 10.3. The van der Waals surface area contributed by atoms with Crippen molar-refractivity contribution in [3.8, 4) is 0 Å². The number of carboxylic acids is 1. The summed E-state index contributed by atoms with van der Waals surface area (Å²) in [7, 11) is -3.25. The number of carboxylic acid groups (broad SMARTS) is 1. The van der Waals surface area contributed by atoms with Crippen molar-refractivity contribution >= 4 is 16.0 Å². The van der Waals surface area contributed by atoms with Crippen LogP contribution in [-0.4, -0.2) is 31.8 Å². The first-order chi connectivity index (χ1) is 9.49. The SMILES string of the molecule is O=C(O)CCCCCNS(=O)(=O)CCc1ccccc1. The van der Waals surface area contributed by atoms with Crippen LogP contribution in [0.4, 0.5) is 0 Å². The van der Waals surface area contributed by atoms with Crippen LogP contribution in [0.1, 0.15) is 31.2 Å². The van der Waals surface area contributed by atoms with Crippen LogP contribution >= 0.6 is 0 Å². The number of sulfonamides is 1. The Balaban J connectivity index is 2.17. The number of carbonyl (C=O) groups is 1. The molecule has 0 amide bonds. The lowest BCUT2D eigenvalue weighted by atomic mass is 10.2. The Hall–Kier alpha value is -1.40. The number of aryl methyl sites for hydroxylation is 1. The van der Waals surface area contributed by atoms with E-state index in [1.165, 1.54) is 0 Å². The third kappa shape index (κ3) is 7.91. The normalized spacial score (nSPS) is 11.4. The van der Waals surface area contributed by atoms with Crippen LogP contribution in [0.5, 0.6) is 0 Å². The standard InChI is InChI=1S/C14H21NO4S/c16-14(17)9-5-2-6-11-15-20(18,19)12-10-13-7-3-1-4-8-13/h1,3-4,7-8,15H,2,5-6,9-12H2,(H,16,17). The van der Waals surface area contributed by atoms with E-state index in [1.54, 1.807) is 0 Å². The average molecular weight is 299 g/mol. The predicted molar refractivity (Wildman–Crippen MR) is 78.0 cm³/mol. The molecule has 0 aliphatic heterocycles. The minimum Gasteiger partial charge on any atom is -0.481 e. The van der Waals surface area contributed by atoms with Gasteiger partial charge in [0.05, 0.1) is 5.75 Å². The summed E-state index contributed by atoms with van der Waals surface area (Å²) in [6.07, 6.45) is 2.60. The van der Waals surface area contributed by atoms with Gasteiger partial charge in [-0.3, -0.25) is 4.79 Å². The van der Waals surface area contributed by atoms with Crippen molar-refractivity contribution in [2.75, 3.05) is 12.3 Å². The van der Waals surface area contributed by atoms with Crippen molar-refractivity contribution in [3.05, 3.63) is 35.9 Å². The molecule has 1 rings (SSSR count). The summed E-state index contributed by atoms with van der Waals surface area (Å²) in [5.41, 5.74) is 0.999. The molecule has 0 aliphatic carbocycles. The van der Waals surface area contributed by atoms with Gasteiger partial charge in [0.2, 0.25) is 10.0 Å². The molecule has 0 aromatic heterocycles. The first-order valence-electron chi connectivity index (χ1n) is 6.73. The minimum absolute atomic E-state index is 0.0755. The molecular formula is C14H21NO4S. The molecule has 1 aromatic rings. The zero-order valence-corrected chi connectivity index (χ0v) is 12.2. The molecule has 0 bridgehead atoms. The van der Waals surface area contributed by atoms with Gasteiger partial charge in [-0.15, -0.1) is 0 Å². The van der Waals surface area contributed by atoms with Gasteiger partial charge in [0.25, 0.3) is 0 Å². The lowest BCUT2D eigenvalue weighted by Crippen LogP contribution is -2.28. The number of hydrogen-bond acceptors (Lipinski definition) is 3. The van der Waals surface area contributed by atoms with E-state index in [9.17, 15) is 13.2 Å². The largest absolute Gasteiger partial charge is 0.481 e. The molecule has 0 radical (unpaired) electrons. The Morgan fingerprint density at radius 2 is 1.80 bits per heavy atom. The van der Waals surface area contributed by atoms with Crippen LogP contribution in [0.2, 0.25) is 0 Å². The summed E-state index contributed by atoms with van der Waals surface area (Å²) in [5, 5.41) is 8.47. The molecule has 0 saturated carbocycles. The highest BCUT2D eigenvalue weighted by atomic mass is 32.2. The Morgan fingerprint density at radius 3 is 2.45 bits per heavy atom. The highest BCUT2D eigenvalue weighted by Gasteiger charge is 2.09. The van der Waals surface area contributed by atoms with E-state index in [4.69, 9.17) is 5.11 Å². The maximum Gasteiger partial charge on any atom is 0.303 e. The molecule has 0 aliphatic rings. The Labute approximate surface area is 120 Å². The summed E-state index contributed by atoms with van der Waals surface area (Å²) in [5.74, 6) is -0.736.